The molecule has 1 aromatic rings. The molecule has 1 rings (SSSR count). The molecular weight excluding hydrogens is 248 g/mol. The number of ether oxygens (including phenoxy) is 4. The van der Waals surface area contributed by atoms with E-state index < -0.39 is 5.97 Å². The monoisotopic (exact) mass is 266 g/mol. The largest absolute Gasteiger partial charge is 0.493 e. The molecule has 0 aliphatic carbocycles. The molecule has 0 amide bonds. The summed E-state index contributed by atoms with van der Waals surface area (Å²) < 4.78 is 20.6. The molecule has 0 N–H and O–H groups in total. The first-order valence-corrected chi connectivity index (χ1v) is 5.76. The lowest BCUT2D eigenvalue weighted by molar-refractivity contribution is 0.0548. The van der Waals surface area contributed by atoms with Crippen LogP contribution in [0.25, 0.3) is 0 Å². The Morgan fingerprint density at radius 2 is 1.68 bits per heavy atom. The Bertz CT molecular complexity index is 440. The van der Waals surface area contributed by atoms with E-state index in [2.05, 4.69) is 0 Å². The lowest BCUT2D eigenvalue weighted by atomic mass is 10.2. The van der Waals surface area contributed by atoms with Crippen molar-refractivity contribution in [3.8, 4) is 17.2 Å². The molecule has 0 fully saturated rings. The Morgan fingerprint density at radius 3 is 2.11 bits per heavy atom. The second kappa shape index (κ2) is 7.31. The van der Waals surface area contributed by atoms with Gasteiger partial charge in [-0.05, 0) is 19.1 Å². The highest BCUT2D eigenvalue weighted by molar-refractivity contribution is 5.91. The van der Waals surface area contributed by atoms with Crippen LogP contribution in [0, 0.1) is 0 Å². The van der Waals surface area contributed by atoms with Crippen LogP contribution < -0.4 is 14.2 Å². The molecule has 0 saturated heterocycles. The molecule has 5 heteroatoms. The third-order valence-electron chi connectivity index (χ3n) is 2.45. The van der Waals surface area contributed by atoms with E-state index in [4.69, 9.17) is 18.9 Å². The van der Waals surface area contributed by atoms with Gasteiger partial charge < -0.3 is 18.9 Å². The van der Waals surface area contributed by atoms with Crippen LogP contribution in [0.3, 0.4) is 0 Å². The van der Waals surface area contributed by atoms with Gasteiger partial charge in [0.1, 0.15) is 6.61 Å². The standard InChI is InChI=1S/C14H18O5/c1-5-6-7-19-14(15)10-8-11(16-2)13(18-4)12(9-10)17-3/h5-6,8-9H,7H2,1-4H3/b6-5+. The van der Waals surface area contributed by atoms with Gasteiger partial charge >= 0.3 is 5.97 Å². The molecule has 0 bridgehead atoms. The van der Waals surface area contributed by atoms with Crippen LogP contribution in [0.5, 0.6) is 17.2 Å². The molecule has 0 spiro atoms. The van der Waals surface area contributed by atoms with E-state index in [0.29, 0.717) is 22.8 Å². The average Bonchev–Trinajstić information content (AvgIpc) is 2.45. The minimum atomic E-state index is -0.447. The van der Waals surface area contributed by atoms with Crippen molar-refractivity contribution in [1.29, 1.82) is 0 Å². The topological polar surface area (TPSA) is 54.0 Å². The smallest absolute Gasteiger partial charge is 0.338 e. The van der Waals surface area contributed by atoms with Gasteiger partial charge in [-0.1, -0.05) is 12.2 Å². The highest BCUT2D eigenvalue weighted by Crippen LogP contribution is 2.38. The van der Waals surface area contributed by atoms with E-state index in [1.165, 1.54) is 21.3 Å². The molecule has 0 unspecified atom stereocenters. The Kier molecular flexibility index (Phi) is 5.73. The van der Waals surface area contributed by atoms with E-state index in [-0.39, 0.29) is 6.61 Å². The molecule has 0 heterocycles. The fourth-order valence-corrected chi connectivity index (χ4v) is 1.50. The first kappa shape index (κ1) is 14.9. The van der Waals surface area contributed by atoms with Crippen molar-refractivity contribution in [2.75, 3.05) is 27.9 Å². The zero-order chi connectivity index (χ0) is 14.3. The zero-order valence-electron chi connectivity index (χ0n) is 11.6. The van der Waals surface area contributed by atoms with E-state index in [0.717, 1.165) is 0 Å². The van der Waals surface area contributed by atoms with Gasteiger partial charge in [0.2, 0.25) is 5.75 Å². The normalized spacial score (nSPS) is 10.3. The number of esters is 1. The molecule has 104 valence electrons. The summed E-state index contributed by atoms with van der Waals surface area (Å²) in [6.45, 7) is 2.08. The second-order valence-corrected chi connectivity index (χ2v) is 3.58. The van der Waals surface area contributed by atoms with Crippen molar-refractivity contribution in [2.45, 2.75) is 6.92 Å². The van der Waals surface area contributed by atoms with Crippen molar-refractivity contribution < 1.29 is 23.7 Å². The summed E-state index contributed by atoms with van der Waals surface area (Å²) in [7, 11) is 4.49. The molecular formula is C14H18O5. The maximum Gasteiger partial charge on any atom is 0.338 e. The third-order valence-corrected chi connectivity index (χ3v) is 2.45. The summed E-state index contributed by atoms with van der Waals surface area (Å²) in [5.41, 5.74) is 0.346. The number of carbonyl (C=O) groups is 1. The fraction of sp³-hybridized carbons (Fsp3) is 0.357. The van der Waals surface area contributed by atoms with E-state index >= 15 is 0 Å². The molecule has 0 saturated carbocycles. The van der Waals surface area contributed by atoms with Gasteiger partial charge in [-0.25, -0.2) is 4.79 Å². The molecule has 0 aromatic heterocycles. The lowest BCUT2D eigenvalue weighted by Crippen LogP contribution is -2.06. The maximum absolute atomic E-state index is 11.8. The number of benzene rings is 1. The van der Waals surface area contributed by atoms with Crippen LogP contribution in [0.2, 0.25) is 0 Å². The average molecular weight is 266 g/mol. The van der Waals surface area contributed by atoms with Gasteiger partial charge in [0, 0.05) is 0 Å². The van der Waals surface area contributed by atoms with Crippen LogP contribution in [0.4, 0.5) is 0 Å². The molecule has 0 aliphatic rings. The van der Waals surface area contributed by atoms with E-state index in [9.17, 15) is 4.79 Å². The first-order valence-electron chi connectivity index (χ1n) is 5.76. The minimum absolute atomic E-state index is 0.228. The van der Waals surface area contributed by atoms with Crippen molar-refractivity contribution in [3.05, 3.63) is 29.8 Å². The van der Waals surface area contributed by atoms with Crippen LogP contribution in [-0.4, -0.2) is 33.9 Å². The summed E-state index contributed by atoms with van der Waals surface area (Å²) in [6, 6.07) is 3.11. The maximum atomic E-state index is 11.8. The quantitative estimate of drug-likeness (QED) is 0.584. The molecule has 0 aliphatic heterocycles. The predicted octanol–water partition coefficient (Wildman–Crippen LogP) is 2.45. The summed E-state index contributed by atoms with van der Waals surface area (Å²) in [4.78, 5) is 11.8. The molecule has 5 nitrogen and oxygen atoms in total. The Balaban J connectivity index is 3.05. The van der Waals surface area contributed by atoms with Crippen LogP contribution in [0.1, 0.15) is 17.3 Å². The molecule has 1 aromatic carbocycles. The minimum Gasteiger partial charge on any atom is -0.493 e. The van der Waals surface area contributed by atoms with Crippen molar-refractivity contribution in [2.24, 2.45) is 0 Å². The number of methoxy groups -OCH3 is 3. The van der Waals surface area contributed by atoms with Gasteiger partial charge in [0.15, 0.2) is 11.5 Å². The van der Waals surface area contributed by atoms with Gasteiger partial charge in [-0.3, -0.25) is 0 Å². The summed E-state index contributed by atoms with van der Waals surface area (Å²) >= 11 is 0. The van der Waals surface area contributed by atoms with Crippen LogP contribution in [-0.2, 0) is 4.74 Å². The highest BCUT2D eigenvalue weighted by Gasteiger charge is 2.17. The third kappa shape index (κ3) is 3.64. The van der Waals surface area contributed by atoms with E-state index in [1.54, 1.807) is 18.2 Å². The van der Waals surface area contributed by atoms with Gasteiger partial charge in [0.05, 0.1) is 26.9 Å². The second-order valence-electron chi connectivity index (χ2n) is 3.58. The number of hydrogen-bond donors (Lipinski definition) is 0. The van der Waals surface area contributed by atoms with Gasteiger partial charge in [-0.2, -0.15) is 0 Å². The Labute approximate surface area is 112 Å². The Morgan fingerprint density at radius 1 is 1.11 bits per heavy atom. The van der Waals surface area contributed by atoms with Crippen molar-refractivity contribution >= 4 is 5.97 Å². The molecule has 0 atom stereocenters. The predicted molar refractivity (Wildman–Crippen MR) is 71.2 cm³/mol. The number of hydrogen-bond acceptors (Lipinski definition) is 5. The first-order chi connectivity index (χ1) is 9.17. The molecule has 19 heavy (non-hydrogen) atoms. The Hall–Kier alpha value is -2.17. The highest BCUT2D eigenvalue weighted by atomic mass is 16.5. The lowest BCUT2D eigenvalue weighted by Gasteiger charge is -2.13. The number of allylic oxidation sites excluding steroid dienone is 1. The zero-order valence-corrected chi connectivity index (χ0v) is 11.6. The number of carbonyl (C=O) groups excluding carboxylic acids is 1. The molecule has 0 radical (unpaired) electrons. The van der Waals surface area contributed by atoms with Crippen LogP contribution in [0.15, 0.2) is 24.3 Å². The summed E-state index contributed by atoms with van der Waals surface area (Å²) in [6.07, 6.45) is 3.55. The van der Waals surface area contributed by atoms with Crippen molar-refractivity contribution in [3.63, 3.8) is 0 Å². The fourth-order valence-electron chi connectivity index (χ4n) is 1.50. The van der Waals surface area contributed by atoms with Crippen molar-refractivity contribution in [1.82, 2.24) is 0 Å². The summed E-state index contributed by atoms with van der Waals surface area (Å²) in [5.74, 6) is 0.826. The van der Waals surface area contributed by atoms with Gasteiger partial charge in [0.25, 0.3) is 0 Å². The van der Waals surface area contributed by atoms with E-state index in [1.807, 2.05) is 13.0 Å². The summed E-state index contributed by atoms with van der Waals surface area (Å²) in [5, 5.41) is 0. The van der Waals surface area contributed by atoms with Crippen LogP contribution >= 0.6 is 0 Å². The number of rotatable bonds is 6. The SMILES string of the molecule is C/C=C/COC(=O)c1cc(OC)c(OC)c(OC)c1. The van der Waals surface area contributed by atoms with Gasteiger partial charge in [-0.15, -0.1) is 0 Å².